The first-order valence-corrected chi connectivity index (χ1v) is 10.6. The van der Waals surface area contributed by atoms with Crippen LogP contribution in [0.5, 0.6) is 0 Å². The van der Waals surface area contributed by atoms with Gasteiger partial charge in [-0.1, -0.05) is 0 Å². The van der Waals surface area contributed by atoms with Crippen molar-refractivity contribution in [2.24, 2.45) is 7.05 Å². The zero-order valence-electron chi connectivity index (χ0n) is 14.0. The summed E-state index contributed by atoms with van der Waals surface area (Å²) in [6.45, 7) is 5.71. The fourth-order valence-electron chi connectivity index (χ4n) is 3.30. The van der Waals surface area contributed by atoms with Crippen LogP contribution in [0.15, 0.2) is 6.20 Å². The number of amides is 1. The minimum Gasteiger partial charge on any atom is -0.337 e. The number of rotatable bonds is 2. The highest BCUT2D eigenvalue weighted by Crippen LogP contribution is 2.22. The number of aryl methyl sites for hydroxylation is 2. The maximum Gasteiger partial charge on any atom is 0.257 e. The summed E-state index contributed by atoms with van der Waals surface area (Å²) in [5, 5.41) is 4.30. The van der Waals surface area contributed by atoms with Crippen LogP contribution in [0.25, 0.3) is 0 Å². The number of thioether (sulfide) groups is 2. The van der Waals surface area contributed by atoms with Crippen LogP contribution in [-0.4, -0.2) is 80.7 Å². The molecule has 2 aliphatic rings. The summed E-state index contributed by atoms with van der Waals surface area (Å²) in [5.74, 6) is 5.17. The summed E-state index contributed by atoms with van der Waals surface area (Å²) >= 11 is 4.16. The number of carbonyl (C=O) groups excluding carboxylic acids is 1. The van der Waals surface area contributed by atoms with Gasteiger partial charge in [0.05, 0.1) is 11.3 Å². The smallest absolute Gasteiger partial charge is 0.257 e. The lowest BCUT2D eigenvalue weighted by Gasteiger charge is -2.29. The molecule has 5 nitrogen and oxygen atoms in total. The second kappa shape index (κ2) is 7.94. The molecule has 2 fully saturated rings. The average Bonchev–Trinajstić information content (AvgIpc) is 2.79. The van der Waals surface area contributed by atoms with Crippen molar-refractivity contribution in [3.05, 3.63) is 17.5 Å². The van der Waals surface area contributed by atoms with Crippen LogP contribution in [0.3, 0.4) is 0 Å². The first-order valence-electron chi connectivity index (χ1n) is 8.34. The van der Waals surface area contributed by atoms with Crippen molar-refractivity contribution in [1.82, 2.24) is 19.6 Å². The Hall–Kier alpha value is -0.660. The molecular formula is C16H26N4OS2. The lowest BCUT2D eigenvalue weighted by molar-refractivity contribution is 0.0759. The number of hydrogen-bond donors (Lipinski definition) is 0. The number of carbonyl (C=O) groups is 1. The molecule has 1 aromatic heterocycles. The van der Waals surface area contributed by atoms with Crippen LogP contribution in [-0.2, 0) is 7.05 Å². The average molecular weight is 355 g/mol. The maximum atomic E-state index is 12.8. The van der Waals surface area contributed by atoms with Crippen LogP contribution < -0.4 is 0 Å². The summed E-state index contributed by atoms with van der Waals surface area (Å²) in [7, 11) is 1.87. The lowest BCUT2D eigenvalue weighted by atomic mass is 10.2. The van der Waals surface area contributed by atoms with Gasteiger partial charge in [0.25, 0.3) is 5.91 Å². The molecule has 128 valence electrons. The summed E-state index contributed by atoms with van der Waals surface area (Å²) in [6, 6.07) is 0.669. The molecular weight excluding hydrogens is 328 g/mol. The summed E-state index contributed by atoms with van der Waals surface area (Å²) in [5.41, 5.74) is 1.58. The third-order valence-corrected chi connectivity index (χ3v) is 7.06. The van der Waals surface area contributed by atoms with Crippen molar-refractivity contribution in [3.8, 4) is 0 Å². The highest BCUT2D eigenvalue weighted by atomic mass is 32.2. The van der Waals surface area contributed by atoms with Gasteiger partial charge in [0, 0.05) is 68.5 Å². The van der Waals surface area contributed by atoms with E-state index in [-0.39, 0.29) is 5.91 Å². The van der Waals surface area contributed by atoms with Crippen LogP contribution in [0.4, 0.5) is 0 Å². The Morgan fingerprint density at radius 2 is 1.91 bits per heavy atom. The third kappa shape index (κ3) is 4.25. The van der Waals surface area contributed by atoms with Crippen LogP contribution >= 0.6 is 23.5 Å². The van der Waals surface area contributed by atoms with Crippen molar-refractivity contribution in [2.75, 3.05) is 49.2 Å². The van der Waals surface area contributed by atoms with Crippen molar-refractivity contribution in [2.45, 2.75) is 19.4 Å². The minimum atomic E-state index is 0.141. The van der Waals surface area contributed by atoms with Gasteiger partial charge < -0.3 is 4.90 Å². The Morgan fingerprint density at radius 1 is 1.17 bits per heavy atom. The standard InChI is InChI=1S/C16H26N4OS2/c1-13-15(10-18(2)17-13)16(21)20-5-3-4-19(6-7-20)14-11-22-8-9-23-12-14/h10,14H,3-9,11-12H2,1-2H3. The molecule has 0 N–H and O–H groups in total. The highest BCUT2D eigenvalue weighted by Gasteiger charge is 2.26. The Morgan fingerprint density at radius 3 is 2.57 bits per heavy atom. The van der Waals surface area contributed by atoms with E-state index in [9.17, 15) is 4.79 Å². The van der Waals surface area contributed by atoms with Gasteiger partial charge in [-0.25, -0.2) is 0 Å². The molecule has 2 aliphatic heterocycles. The third-order valence-electron chi connectivity index (χ3n) is 4.57. The van der Waals surface area contributed by atoms with Crippen LogP contribution in [0, 0.1) is 6.92 Å². The zero-order valence-corrected chi connectivity index (χ0v) is 15.7. The van der Waals surface area contributed by atoms with Gasteiger partial charge in [-0.3, -0.25) is 14.4 Å². The molecule has 2 saturated heterocycles. The minimum absolute atomic E-state index is 0.141. The molecule has 0 atom stereocenters. The number of hydrogen-bond acceptors (Lipinski definition) is 5. The van der Waals surface area contributed by atoms with Gasteiger partial charge >= 0.3 is 0 Å². The number of aromatic nitrogens is 2. The van der Waals surface area contributed by atoms with Crippen LogP contribution in [0.2, 0.25) is 0 Å². The lowest BCUT2D eigenvalue weighted by Crippen LogP contribution is -2.42. The van der Waals surface area contributed by atoms with E-state index < -0.39 is 0 Å². The zero-order chi connectivity index (χ0) is 16.2. The van der Waals surface area contributed by atoms with Gasteiger partial charge in [0.1, 0.15) is 0 Å². The highest BCUT2D eigenvalue weighted by molar-refractivity contribution is 8.03. The monoisotopic (exact) mass is 354 g/mol. The number of nitrogens with zero attached hydrogens (tertiary/aromatic N) is 4. The Kier molecular flexibility index (Phi) is 5.93. The largest absolute Gasteiger partial charge is 0.337 e. The van der Waals surface area contributed by atoms with Gasteiger partial charge in [-0.05, 0) is 13.3 Å². The van der Waals surface area contributed by atoms with Crippen LogP contribution in [0.1, 0.15) is 22.5 Å². The van der Waals surface area contributed by atoms with Crippen molar-refractivity contribution >= 4 is 29.4 Å². The Labute approximate surface area is 147 Å². The molecule has 0 radical (unpaired) electrons. The molecule has 23 heavy (non-hydrogen) atoms. The molecule has 3 heterocycles. The first-order chi connectivity index (χ1) is 11.1. The second-order valence-corrected chi connectivity index (χ2v) is 8.59. The van der Waals surface area contributed by atoms with E-state index in [0.29, 0.717) is 6.04 Å². The van der Waals surface area contributed by atoms with E-state index in [1.807, 2.05) is 25.1 Å². The van der Waals surface area contributed by atoms with E-state index in [0.717, 1.165) is 43.9 Å². The molecule has 3 rings (SSSR count). The normalized spacial score (nSPS) is 21.9. The fourth-order valence-corrected chi connectivity index (χ4v) is 5.93. The summed E-state index contributed by atoms with van der Waals surface area (Å²) in [6.07, 6.45) is 2.91. The van der Waals surface area contributed by atoms with E-state index in [1.54, 1.807) is 4.68 Å². The van der Waals surface area contributed by atoms with Gasteiger partial charge in [0.2, 0.25) is 0 Å². The predicted molar refractivity (Wildman–Crippen MR) is 98.5 cm³/mol. The summed E-state index contributed by atoms with van der Waals surface area (Å²) < 4.78 is 1.73. The molecule has 0 saturated carbocycles. The quantitative estimate of drug-likeness (QED) is 0.809. The fraction of sp³-hybridized carbons (Fsp3) is 0.750. The van der Waals surface area contributed by atoms with Gasteiger partial charge in [-0.15, -0.1) is 0 Å². The molecule has 0 unspecified atom stereocenters. The maximum absolute atomic E-state index is 12.8. The van der Waals surface area contributed by atoms with Gasteiger partial charge in [-0.2, -0.15) is 28.6 Å². The Balaban J connectivity index is 1.61. The SMILES string of the molecule is Cc1nn(C)cc1C(=O)N1CCCN(C2CSCCSC2)CC1. The molecule has 1 aromatic rings. The molecule has 0 aromatic carbocycles. The van der Waals surface area contributed by atoms with E-state index in [1.165, 1.54) is 23.0 Å². The van der Waals surface area contributed by atoms with E-state index >= 15 is 0 Å². The summed E-state index contributed by atoms with van der Waals surface area (Å²) in [4.78, 5) is 17.4. The van der Waals surface area contributed by atoms with Crippen molar-refractivity contribution in [1.29, 1.82) is 0 Å². The van der Waals surface area contributed by atoms with Crippen molar-refractivity contribution in [3.63, 3.8) is 0 Å². The van der Waals surface area contributed by atoms with Gasteiger partial charge in [0.15, 0.2) is 0 Å². The van der Waals surface area contributed by atoms with Crippen molar-refractivity contribution < 1.29 is 4.79 Å². The predicted octanol–water partition coefficient (Wildman–Crippen LogP) is 1.73. The molecule has 0 aliphatic carbocycles. The van der Waals surface area contributed by atoms with E-state index in [2.05, 4.69) is 33.5 Å². The first kappa shape index (κ1) is 17.2. The molecule has 0 bridgehead atoms. The molecule has 7 heteroatoms. The Bertz CT molecular complexity index is 540. The topological polar surface area (TPSA) is 41.4 Å². The molecule has 0 spiro atoms. The van der Waals surface area contributed by atoms with E-state index in [4.69, 9.17) is 0 Å². The molecule has 1 amide bonds. The second-order valence-electron chi connectivity index (χ2n) is 6.29.